The number of hydrogen-bond acceptors (Lipinski definition) is 2. The van der Waals surface area contributed by atoms with Crippen LogP contribution in [0.15, 0.2) is 24.3 Å². The first-order valence-corrected chi connectivity index (χ1v) is 5.95. The summed E-state index contributed by atoms with van der Waals surface area (Å²) in [5.74, 6) is -3.08. The molecule has 7 heteroatoms. The summed E-state index contributed by atoms with van der Waals surface area (Å²) in [7, 11) is 0. The average molecular weight is 388 g/mol. The van der Waals surface area contributed by atoms with Gasteiger partial charge < -0.3 is 9.84 Å². The molecule has 2 rings (SSSR count). The van der Waals surface area contributed by atoms with Crippen LogP contribution in [0.2, 0.25) is 0 Å². The van der Waals surface area contributed by atoms with Gasteiger partial charge in [0, 0.05) is 17.6 Å². The number of benzene rings is 2. The van der Waals surface area contributed by atoms with Gasteiger partial charge in [-0.05, 0) is 18.6 Å². The molecular weight excluding hydrogens is 377 g/mol. The van der Waals surface area contributed by atoms with Gasteiger partial charge in [-0.25, -0.2) is 8.78 Å². The van der Waals surface area contributed by atoms with Gasteiger partial charge in [-0.3, -0.25) is 0 Å². The van der Waals surface area contributed by atoms with Crippen LogP contribution in [0, 0.1) is 31.5 Å². The Labute approximate surface area is 150 Å². The summed E-state index contributed by atoms with van der Waals surface area (Å²) >= 11 is 0. The van der Waals surface area contributed by atoms with Gasteiger partial charge in [-0.2, -0.15) is 14.3 Å². The second kappa shape index (κ2) is 6.96. The third-order valence-electron chi connectivity index (χ3n) is 2.75. The molecular formula is C15H11F4O2Y+2. The van der Waals surface area contributed by atoms with Crippen molar-refractivity contribution in [3.05, 3.63) is 58.7 Å². The van der Waals surface area contributed by atoms with Crippen LogP contribution in [0.1, 0.15) is 16.7 Å². The number of phenolic OH excluding ortho intramolecular Hbond substituents is 1. The van der Waals surface area contributed by atoms with Crippen molar-refractivity contribution in [3.63, 3.8) is 0 Å². The van der Waals surface area contributed by atoms with Crippen LogP contribution < -0.4 is 4.74 Å². The Hall–Kier alpha value is -1.14. The molecule has 0 fully saturated rings. The Morgan fingerprint density at radius 2 is 1.73 bits per heavy atom. The van der Waals surface area contributed by atoms with E-state index in [1.165, 1.54) is 13.8 Å². The number of phenols is 1. The molecule has 0 aliphatic carbocycles. The van der Waals surface area contributed by atoms with Crippen molar-refractivity contribution >= 4 is 0 Å². The van der Waals surface area contributed by atoms with Crippen LogP contribution in [-0.4, -0.2) is 5.11 Å². The van der Waals surface area contributed by atoms with Crippen molar-refractivity contribution in [2.75, 3.05) is 0 Å². The Morgan fingerprint density at radius 1 is 1.09 bits per heavy atom. The van der Waals surface area contributed by atoms with Gasteiger partial charge in [0.15, 0.2) is 0 Å². The number of aromatic hydroxyl groups is 1. The predicted molar refractivity (Wildman–Crippen MR) is 67.3 cm³/mol. The molecule has 0 aliphatic heterocycles. The topological polar surface area (TPSA) is 29.5 Å². The second-order valence-corrected chi connectivity index (χ2v) is 4.59. The van der Waals surface area contributed by atoms with E-state index in [0.29, 0.717) is 6.07 Å². The van der Waals surface area contributed by atoms with Gasteiger partial charge >= 0.3 is 38.8 Å². The van der Waals surface area contributed by atoms with Gasteiger partial charge in [0.2, 0.25) is 0 Å². The van der Waals surface area contributed by atoms with Crippen molar-refractivity contribution in [2.45, 2.75) is 20.0 Å². The molecule has 1 N–H and O–H groups in total. The first-order valence-electron chi connectivity index (χ1n) is 5.95. The maximum absolute atomic E-state index is 14.1. The minimum Gasteiger partial charge on any atom is -0.508 e. The van der Waals surface area contributed by atoms with Crippen molar-refractivity contribution in [3.8, 4) is 11.5 Å². The van der Waals surface area contributed by atoms with Crippen molar-refractivity contribution < 1.29 is 60.1 Å². The van der Waals surface area contributed by atoms with Gasteiger partial charge in [0.05, 0.1) is 0 Å². The summed E-state index contributed by atoms with van der Waals surface area (Å²) < 4.78 is 59.4. The number of rotatable bonds is 3. The Balaban J connectivity index is 0.00000242. The summed E-state index contributed by atoms with van der Waals surface area (Å²) in [5.41, 5.74) is -0.924. The first kappa shape index (κ1) is 18.9. The maximum atomic E-state index is 14.1. The van der Waals surface area contributed by atoms with Crippen molar-refractivity contribution in [1.82, 2.24) is 0 Å². The van der Waals surface area contributed by atoms with Gasteiger partial charge in [0.25, 0.3) is 0 Å². The first-order chi connectivity index (χ1) is 9.69. The smallest absolute Gasteiger partial charge is 0.508 e. The van der Waals surface area contributed by atoms with Crippen LogP contribution in [0.4, 0.5) is 17.6 Å². The Morgan fingerprint density at radius 3 is 2.27 bits per heavy atom. The molecule has 0 aromatic heterocycles. The van der Waals surface area contributed by atoms with Crippen LogP contribution in [0.3, 0.4) is 0 Å². The van der Waals surface area contributed by atoms with E-state index < -0.39 is 34.8 Å². The van der Waals surface area contributed by atoms with E-state index in [2.05, 4.69) is 10.8 Å². The van der Waals surface area contributed by atoms with E-state index >= 15 is 0 Å². The number of halogens is 4. The van der Waals surface area contributed by atoms with E-state index in [1.807, 2.05) is 0 Å². The normalized spacial score (nSPS) is 11.0. The van der Waals surface area contributed by atoms with Crippen LogP contribution in [-0.2, 0) is 38.8 Å². The Kier molecular flexibility index (Phi) is 5.98. The fraction of sp³-hybridized carbons (Fsp3) is 0.200. The fourth-order valence-electron chi connectivity index (χ4n) is 1.99. The van der Waals surface area contributed by atoms with Crippen molar-refractivity contribution in [2.24, 2.45) is 0 Å². The SMILES string of the molecule is Cc1[c-]c(F)cc(OC(F)(F)c2c(C)cc(O)cc2F)c1.[Y+3]. The van der Waals surface area contributed by atoms with E-state index in [-0.39, 0.29) is 43.8 Å². The molecule has 0 unspecified atom stereocenters. The van der Waals surface area contributed by atoms with Gasteiger partial charge in [0.1, 0.15) is 17.1 Å². The molecule has 0 atom stereocenters. The molecule has 22 heavy (non-hydrogen) atoms. The number of hydrogen-bond donors (Lipinski definition) is 1. The molecule has 0 amide bonds. The molecule has 0 bridgehead atoms. The molecule has 112 valence electrons. The summed E-state index contributed by atoms with van der Waals surface area (Å²) in [6, 6.07) is 5.70. The fourth-order valence-corrected chi connectivity index (χ4v) is 1.99. The Bertz CT molecular complexity index is 646. The quantitative estimate of drug-likeness (QED) is 0.631. The van der Waals surface area contributed by atoms with E-state index in [9.17, 15) is 17.6 Å². The van der Waals surface area contributed by atoms with Gasteiger partial charge in [-0.1, -0.05) is 13.0 Å². The number of aryl methyl sites for hydroxylation is 2. The molecule has 2 nitrogen and oxygen atoms in total. The minimum absolute atomic E-state index is 0. The molecule has 0 saturated carbocycles. The number of alkyl halides is 2. The van der Waals surface area contributed by atoms with Gasteiger partial charge in [-0.15, -0.1) is 12.1 Å². The molecule has 0 saturated heterocycles. The minimum atomic E-state index is -4.01. The largest absolute Gasteiger partial charge is 3.00 e. The maximum Gasteiger partial charge on any atom is 3.00 e. The molecule has 0 spiro atoms. The average Bonchev–Trinajstić information content (AvgIpc) is 2.23. The van der Waals surface area contributed by atoms with Crippen LogP contribution in [0.5, 0.6) is 11.5 Å². The third-order valence-corrected chi connectivity index (χ3v) is 2.75. The van der Waals surface area contributed by atoms with Crippen LogP contribution in [0.25, 0.3) is 0 Å². The molecule has 2 aromatic carbocycles. The van der Waals surface area contributed by atoms with Crippen LogP contribution >= 0.6 is 0 Å². The standard InChI is InChI=1S/C15H11F4O2.Y/c1-8-3-10(16)6-12(4-8)21-15(18,19)14-9(2)5-11(20)7-13(14)17;/h4-7,20H,1-2H3;/q-1;+3. The monoisotopic (exact) mass is 388 g/mol. The van der Waals surface area contributed by atoms with E-state index in [0.717, 1.165) is 18.2 Å². The summed E-state index contributed by atoms with van der Waals surface area (Å²) in [5, 5.41) is 9.17. The van der Waals surface area contributed by atoms with E-state index in [4.69, 9.17) is 5.11 Å². The third kappa shape index (κ3) is 4.20. The summed E-state index contributed by atoms with van der Waals surface area (Å²) in [6.45, 7) is 2.67. The molecule has 0 heterocycles. The van der Waals surface area contributed by atoms with Crippen molar-refractivity contribution in [1.29, 1.82) is 0 Å². The zero-order valence-electron chi connectivity index (χ0n) is 11.8. The molecule has 0 radical (unpaired) electrons. The predicted octanol–water partition coefficient (Wildman–Crippen LogP) is 4.21. The zero-order valence-corrected chi connectivity index (χ0v) is 14.6. The number of ether oxygens (including phenoxy) is 1. The molecule has 0 aliphatic rings. The summed E-state index contributed by atoms with van der Waals surface area (Å²) in [4.78, 5) is 0. The summed E-state index contributed by atoms with van der Waals surface area (Å²) in [6.07, 6.45) is -4.01. The zero-order chi connectivity index (χ0) is 15.8. The second-order valence-electron chi connectivity index (χ2n) is 4.59. The van der Waals surface area contributed by atoms with E-state index in [1.54, 1.807) is 0 Å². The molecule has 2 aromatic rings.